The summed E-state index contributed by atoms with van der Waals surface area (Å²) in [7, 11) is 0. The standard InChI is InChI=1S/C25H38N2O5/c1-6-7-14-32-22(28)17-20-23(29)26-12-13-27(20)24(30)25(4,5)11-8-15-31-21-16-18(2)9-10-19(21)3/h9-10,16,20H,6-8,11-15,17H2,1-5H3,(H,26,29). The molecule has 1 atom stereocenters. The van der Waals surface area contributed by atoms with Gasteiger partial charge in [0.25, 0.3) is 0 Å². The second kappa shape index (κ2) is 11.9. The zero-order valence-electron chi connectivity index (χ0n) is 20.2. The Labute approximate surface area is 191 Å². The van der Waals surface area contributed by atoms with Gasteiger partial charge in [-0.25, -0.2) is 0 Å². The van der Waals surface area contributed by atoms with Crippen LogP contribution in [0.2, 0.25) is 0 Å². The van der Waals surface area contributed by atoms with Crippen LogP contribution < -0.4 is 10.1 Å². The number of benzene rings is 1. The molecule has 1 fully saturated rings. The quantitative estimate of drug-likeness (QED) is 0.415. The van der Waals surface area contributed by atoms with E-state index in [1.807, 2.05) is 46.8 Å². The molecule has 0 radical (unpaired) electrons. The first-order chi connectivity index (χ1) is 15.2. The van der Waals surface area contributed by atoms with E-state index in [1.165, 1.54) is 0 Å². The summed E-state index contributed by atoms with van der Waals surface area (Å²) < 4.78 is 11.1. The van der Waals surface area contributed by atoms with Crippen LogP contribution in [0.25, 0.3) is 0 Å². The van der Waals surface area contributed by atoms with Gasteiger partial charge in [-0.3, -0.25) is 14.4 Å². The van der Waals surface area contributed by atoms with Crippen LogP contribution in [0, 0.1) is 19.3 Å². The van der Waals surface area contributed by atoms with Crippen LogP contribution in [0.3, 0.4) is 0 Å². The maximum absolute atomic E-state index is 13.3. The molecule has 1 aliphatic heterocycles. The van der Waals surface area contributed by atoms with Crippen molar-refractivity contribution in [3.8, 4) is 5.75 Å². The lowest BCUT2D eigenvalue weighted by molar-refractivity contribution is -0.155. The number of carbonyl (C=O) groups excluding carboxylic acids is 3. The van der Waals surface area contributed by atoms with Crippen LogP contribution in [0.1, 0.15) is 64.0 Å². The topological polar surface area (TPSA) is 84.9 Å². The number of carbonyl (C=O) groups is 3. The third kappa shape index (κ3) is 7.24. The summed E-state index contributed by atoms with van der Waals surface area (Å²) in [4.78, 5) is 39.5. The average molecular weight is 447 g/mol. The molecular formula is C25H38N2O5. The highest BCUT2D eigenvalue weighted by molar-refractivity contribution is 5.93. The lowest BCUT2D eigenvalue weighted by atomic mass is 9.85. The Morgan fingerprint density at radius 2 is 1.94 bits per heavy atom. The van der Waals surface area contributed by atoms with Gasteiger partial charge in [0, 0.05) is 18.5 Å². The highest BCUT2D eigenvalue weighted by atomic mass is 16.5. The molecule has 0 aromatic heterocycles. The second-order valence-electron chi connectivity index (χ2n) is 9.19. The van der Waals surface area contributed by atoms with Gasteiger partial charge in [0.2, 0.25) is 11.8 Å². The fraction of sp³-hybridized carbons (Fsp3) is 0.640. The Balaban J connectivity index is 1.93. The molecule has 178 valence electrons. The number of hydrogen-bond acceptors (Lipinski definition) is 5. The SMILES string of the molecule is CCCCOC(=O)CC1C(=O)NCCN1C(=O)C(C)(C)CCCOc1cc(C)ccc1C. The van der Waals surface area contributed by atoms with Crippen molar-refractivity contribution in [2.45, 2.75) is 72.8 Å². The molecule has 2 amide bonds. The van der Waals surface area contributed by atoms with Gasteiger partial charge in [-0.2, -0.15) is 0 Å². The van der Waals surface area contributed by atoms with Crippen molar-refractivity contribution in [1.29, 1.82) is 0 Å². The molecule has 1 aromatic rings. The van der Waals surface area contributed by atoms with E-state index in [1.54, 1.807) is 4.90 Å². The molecule has 1 aliphatic rings. The van der Waals surface area contributed by atoms with Gasteiger partial charge in [-0.1, -0.05) is 39.3 Å². The number of ether oxygens (including phenoxy) is 2. The number of rotatable bonds is 11. The lowest BCUT2D eigenvalue weighted by Crippen LogP contribution is -2.60. The second-order valence-corrected chi connectivity index (χ2v) is 9.19. The summed E-state index contributed by atoms with van der Waals surface area (Å²) in [6.45, 7) is 11.4. The summed E-state index contributed by atoms with van der Waals surface area (Å²) in [5.74, 6) is -0.00180. The molecule has 32 heavy (non-hydrogen) atoms. The Morgan fingerprint density at radius 3 is 2.66 bits per heavy atom. The average Bonchev–Trinajstić information content (AvgIpc) is 2.74. The van der Waals surface area contributed by atoms with Gasteiger partial charge in [-0.05, 0) is 50.3 Å². The number of nitrogens with zero attached hydrogens (tertiary/aromatic N) is 1. The number of unbranched alkanes of at least 4 members (excludes halogenated alkanes) is 1. The van der Waals surface area contributed by atoms with Crippen LogP contribution in [0.15, 0.2) is 18.2 Å². The summed E-state index contributed by atoms with van der Waals surface area (Å²) in [5, 5.41) is 2.76. The number of amides is 2. The Bertz CT molecular complexity index is 806. The van der Waals surface area contributed by atoms with E-state index >= 15 is 0 Å². The van der Waals surface area contributed by atoms with E-state index in [4.69, 9.17) is 9.47 Å². The molecule has 0 saturated carbocycles. The van der Waals surface area contributed by atoms with Crippen molar-refractivity contribution in [1.82, 2.24) is 10.2 Å². The molecule has 7 nitrogen and oxygen atoms in total. The van der Waals surface area contributed by atoms with Crippen LogP contribution in [0.5, 0.6) is 5.75 Å². The Kier molecular flexibility index (Phi) is 9.54. The Morgan fingerprint density at radius 1 is 1.19 bits per heavy atom. The molecule has 1 saturated heterocycles. The first-order valence-electron chi connectivity index (χ1n) is 11.6. The third-order valence-electron chi connectivity index (χ3n) is 5.84. The predicted molar refractivity (Wildman–Crippen MR) is 123 cm³/mol. The number of hydrogen-bond donors (Lipinski definition) is 1. The van der Waals surface area contributed by atoms with Crippen LogP contribution in [0.4, 0.5) is 0 Å². The van der Waals surface area contributed by atoms with E-state index in [2.05, 4.69) is 11.4 Å². The summed E-state index contributed by atoms with van der Waals surface area (Å²) in [6, 6.07) is 5.28. The fourth-order valence-corrected chi connectivity index (χ4v) is 3.76. The molecule has 0 bridgehead atoms. The normalized spacial score (nSPS) is 16.5. The molecule has 1 N–H and O–H groups in total. The monoisotopic (exact) mass is 446 g/mol. The maximum atomic E-state index is 13.3. The fourth-order valence-electron chi connectivity index (χ4n) is 3.76. The molecule has 1 aromatic carbocycles. The van der Waals surface area contributed by atoms with Crippen molar-refractivity contribution in [2.75, 3.05) is 26.3 Å². The van der Waals surface area contributed by atoms with Gasteiger partial charge in [0.1, 0.15) is 11.8 Å². The largest absolute Gasteiger partial charge is 0.493 e. The van der Waals surface area contributed by atoms with Crippen LogP contribution in [-0.2, 0) is 19.1 Å². The molecule has 0 aliphatic carbocycles. The number of nitrogens with one attached hydrogen (secondary N) is 1. The molecular weight excluding hydrogens is 408 g/mol. The summed E-state index contributed by atoms with van der Waals surface area (Å²) in [6.07, 6.45) is 2.90. The van der Waals surface area contributed by atoms with Gasteiger partial charge < -0.3 is 19.7 Å². The van der Waals surface area contributed by atoms with Gasteiger partial charge >= 0.3 is 5.97 Å². The highest BCUT2D eigenvalue weighted by Crippen LogP contribution is 2.28. The summed E-state index contributed by atoms with van der Waals surface area (Å²) in [5.41, 5.74) is 1.55. The lowest BCUT2D eigenvalue weighted by Gasteiger charge is -2.39. The minimum atomic E-state index is -0.823. The van der Waals surface area contributed by atoms with E-state index < -0.39 is 17.4 Å². The van der Waals surface area contributed by atoms with Gasteiger partial charge in [-0.15, -0.1) is 0 Å². The first-order valence-corrected chi connectivity index (χ1v) is 11.6. The van der Waals surface area contributed by atoms with E-state index in [0.717, 1.165) is 29.7 Å². The number of piperazine rings is 1. The molecule has 1 heterocycles. The van der Waals surface area contributed by atoms with E-state index in [0.29, 0.717) is 39.1 Å². The van der Waals surface area contributed by atoms with Crippen LogP contribution >= 0.6 is 0 Å². The van der Waals surface area contributed by atoms with Crippen LogP contribution in [-0.4, -0.2) is 55.0 Å². The van der Waals surface area contributed by atoms with Crippen molar-refractivity contribution in [2.24, 2.45) is 5.41 Å². The van der Waals surface area contributed by atoms with Gasteiger partial charge in [0.05, 0.1) is 19.6 Å². The molecule has 0 spiro atoms. The smallest absolute Gasteiger partial charge is 0.308 e. The zero-order valence-corrected chi connectivity index (χ0v) is 20.2. The number of esters is 1. The highest BCUT2D eigenvalue weighted by Gasteiger charge is 2.40. The minimum Gasteiger partial charge on any atom is -0.493 e. The van der Waals surface area contributed by atoms with E-state index in [9.17, 15) is 14.4 Å². The molecule has 2 rings (SSSR count). The number of aryl methyl sites for hydroxylation is 2. The predicted octanol–water partition coefficient (Wildman–Crippen LogP) is 3.55. The van der Waals surface area contributed by atoms with Crippen molar-refractivity contribution < 1.29 is 23.9 Å². The maximum Gasteiger partial charge on any atom is 0.308 e. The third-order valence-corrected chi connectivity index (χ3v) is 5.84. The molecule has 7 heteroatoms. The Hall–Kier alpha value is -2.57. The summed E-state index contributed by atoms with van der Waals surface area (Å²) >= 11 is 0. The zero-order chi connectivity index (χ0) is 23.7. The molecule has 1 unspecified atom stereocenters. The first kappa shape index (κ1) is 25.7. The minimum absolute atomic E-state index is 0.118. The van der Waals surface area contributed by atoms with E-state index in [-0.39, 0.29) is 18.2 Å². The van der Waals surface area contributed by atoms with Gasteiger partial charge in [0.15, 0.2) is 0 Å². The van der Waals surface area contributed by atoms with Crippen molar-refractivity contribution in [3.63, 3.8) is 0 Å². The van der Waals surface area contributed by atoms with Crippen molar-refractivity contribution >= 4 is 17.8 Å². The van der Waals surface area contributed by atoms with Crippen molar-refractivity contribution in [3.05, 3.63) is 29.3 Å².